The van der Waals surface area contributed by atoms with E-state index in [0.29, 0.717) is 19.0 Å². The van der Waals surface area contributed by atoms with Gasteiger partial charge in [0.15, 0.2) is 0 Å². The molecule has 1 atom stereocenters. The zero-order valence-electron chi connectivity index (χ0n) is 9.60. The first-order valence-electron chi connectivity index (χ1n) is 5.73. The molecule has 0 aliphatic carbocycles. The zero-order valence-corrected chi connectivity index (χ0v) is 9.60. The third-order valence-electron chi connectivity index (χ3n) is 3.10. The summed E-state index contributed by atoms with van der Waals surface area (Å²) in [5.41, 5.74) is 7.45. The van der Waals surface area contributed by atoms with Crippen LogP contribution in [0, 0.1) is 5.92 Å². The molecular weight excluding hydrogens is 218 g/mol. The molecule has 1 heterocycles. The Labute approximate surface area is 100 Å². The highest BCUT2D eigenvalue weighted by Crippen LogP contribution is 2.20. The van der Waals surface area contributed by atoms with E-state index in [1.165, 1.54) is 4.90 Å². The summed E-state index contributed by atoms with van der Waals surface area (Å²) < 4.78 is 0. The normalized spacial score (nSPS) is 19.3. The Hall–Kier alpha value is -1.91. The van der Waals surface area contributed by atoms with Crippen LogP contribution >= 0.6 is 0 Å². The fourth-order valence-electron chi connectivity index (χ4n) is 2.09. The number of carboxylic acid groups (broad SMARTS) is 1. The molecule has 0 bridgehead atoms. The van der Waals surface area contributed by atoms with Crippen molar-refractivity contribution in [3.8, 4) is 0 Å². The minimum Gasteiger partial charge on any atom is -0.465 e. The number of likely N-dealkylation sites (tertiary alicyclic amines) is 1. The number of nitrogens with one attached hydrogen (secondary N) is 1. The molecule has 1 saturated heterocycles. The summed E-state index contributed by atoms with van der Waals surface area (Å²) >= 11 is 0. The SMILES string of the molecule is Nc1ccccc1NC[C@@H]1CCN(C(=O)O)C1. The highest BCUT2D eigenvalue weighted by atomic mass is 16.4. The van der Waals surface area contributed by atoms with E-state index in [-0.39, 0.29) is 0 Å². The molecule has 0 unspecified atom stereocenters. The molecule has 1 aliphatic heterocycles. The summed E-state index contributed by atoms with van der Waals surface area (Å²) in [7, 11) is 0. The highest BCUT2D eigenvalue weighted by molar-refractivity contribution is 5.66. The van der Waals surface area contributed by atoms with Crippen LogP contribution in [0.2, 0.25) is 0 Å². The van der Waals surface area contributed by atoms with Gasteiger partial charge in [-0.3, -0.25) is 0 Å². The first-order chi connectivity index (χ1) is 8.16. The van der Waals surface area contributed by atoms with Crippen LogP contribution in [0.4, 0.5) is 16.2 Å². The Balaban J connectivity index is 1.84. The molecule has 0 radical (unpaired) electrons. The summed E-state index contributed by atoms with van der Waals surface area (Å²) in [6.07, 6.45) is 0.0817. The summed E-state index contributed by atoms with van der Waals surface area (Å²) in [4.78, 5) is 12.2. The van der Waals surface area contributed by atoms with Crippen LogP contribution in [0.1, 0.15) is 6.42 Å². The van der Waals surface area contributed by atoms with Crippen LogP contribution in [0.5, 0.6) is 0 Å². The maximum absolute atomic E-state index is 10.8. The molecule has 1 aromatic carbocycles. The zero-order chi connectivity index (χ0) is 12.3. The van der Waals surface area contributed by atoms with Crippen molar-refractivity contribution in [1.82, 2.24) is 4.90 Å². The number of amides is 1. The standard InChI is InChI=1S/C12H17N3O2/c13-10-3-1-2-4-11(10)14-7-9-5-6-15(8-9)12(16)17/h1-4,9,14H,5-8,13H2,(H,16,17)/t9-/m0/s1. The smallest absolute Gasteiger partial charge is 0.407 e. The van der Waals surface area contributed by atoms with Gasteiger partial charge in [0.1, 0.15) is 0 Å². The fourth-order valence-corrected chi connectivity index (χ4v) is 2.09. The largest absolute Gasteiger partial charge is 0.465 e. The lowest BCUT2D eigenvalue weighted by Gasteiger charge is -2.14. The predicted octanol–water partition coefficient (Wildman–Crippen LogP) is 1.68. The van der Waals surface area contributed by atoms with Gasteiger partial charge < -0.3 is 21.1 Å². The van der Waals surface area contributed by atoms with Gasteiger partial charge in [-0.05, 0) is 24.5 Å². The van der Waals surface area contributed by atoms with Crippen molar-refractivity contribution >= 4 is 17.5 Å². The highest BCUT2D eigenvalue weighted by Gasteiger charge is 2.25. The van der Waals surface area contributed by atoms with Crippen molar-refractivity contribution in [2.75, 3.05) is 30.7 Å². The van der Waals surface area contributed by atoms with Crippen molar-refractivity contribution < 1.29 is 9.90 Å². The van der Waals surface area contributed by atoms with E-state index in [4.69, 9.17) is 10.8 Å². The van der Waals surface area contributed by atoms with Crippen molar-refractivity contribution in [3.63, 3.8) is 0 Å². The van der Waals surface area contributed by atoms with Gasteiger partial charge in [0.2, 0.25) is 0 Å². The molecule has 0 spiro atoms. The fraction of sp³-hybridized carbons (Fsp3) is 0.417. The number of nitrogens with zero attached hydrogens (tertiary/aromatic N) is 1. The van der Waals surface area contributed by atoms with Crippen LogP contribution in [-0.2, 0) is 0 Å². The number of nitrogens with two attached hydrogens (primary N) is 1. The lowest BCUT2D eigenvalue weighted by molar-refractivity contribution is 0.154. The molecule has 0 saturated carbocycles. The third kappa shape index (κ3) is 2.81. The van der Waals surface area contributed by atoms with Gasteiger partial charge >= 0.3 is 6.09 Å². The van der Waals surface area contributed by atoms with Crippen molar-refractivity contribution in [1.29, 1.82) is 0 Å². The number of para-hydroxylation sites is 2. The molecule has 1 aromatic rings. The molecule has 5 heteroatoms. The Morgan fingerprint density at radius 2 is 2.29 bits per heavy atom. The number of nitrogen functional groups attached to an aromatic ring is 1. The number of hydrogen-bond donors (Lipinski definition) is 3. The second kappa shape index (κ2) is 4.95. The summed E-state index contributed by atoms with van der Waals surface area (Å²) in [5, 5.41) is 12.1. The summed E-state index contributed by atoms with van der Waals surface area (Å²) in [6, 6.07) is 7.60. The van der Waals surface area contributed by atoms with Crippen LogP contribution in [0.15, 0.2) is 24.3 Å². The number of hydrogen-bond acceptors (Lipinski definition) is 3. The maximum Gasteiger partial charge on any atom is 0.407 e. The van der Waals surface area contributed by atoms with Gasteiger partial charge in [-0.2, -0.15) is 0 Å². The topological polar surface area (TPSA) is 78.6 Å². The number of rotatable bonds is 3. The molecule has 0 aromatic heterocycles. The van der Waals surface area contributed by atoms with E-state index < -0.39 is 6.09 Å². The molecule has 2 rings (SSSR count). The van der Waals surface area contributed by atoms with Crippen molar-refractivity contribution in [2.45, 2.75) is 6.42 Å². The van der Waals surface area contributed by atoms with E-state index in [2.05, 4.69) is 5.32 Å². The Morgan fingerprint density at radius 3 is 2.94 bits per heavy atom. The van der Waals surface area contributed by atoms with Gasteiger partial charge in [0.05, 0.1) is 11.4 Å². The second-order valence-electron chi connectivity index (χ2n) is 4.35. The molecule has 5 nitrogen and oxygen atoms in total. The minimum absolute atomic E-state index is 0.366. The van der Waals surface area contributed by atoms with Crippen LogP contribution in [0.25, 0.3) is 0 Å². The van der Waals surface area contributed by atoms with E-state index in [0.717, 1.165) is 24.3 Å². The average Bonchev–Trinajstić information content (AvgIpc) is 2.77. The summed E-state index contributed by atoms with van der Waals surface area (Å²) in [6.45, 7) is 2.00. The number of benzene rings is 1. The molecule has 1 fully saturated rings. The number of anilines is 2. The first kappa shape index (κ1) is 11.6. The van der Waals surface area contributed by atoms with Gasteiger partial charge in [-0.15, -0.1) is 0 Å². The van der Waals surface area contributed by atoms with Crippen molar-refractivity contribution in [3.05, 3.63) is 24.3 Å². The third-order valence-corrected chi connectivity index (χ3v) is 3.10. The lowest BCUT2D eigenvalue weighted by atomic mass is 10.1. The van der Waals surface area contributed by atoms with E-state index in [1.54, 1.807) is 0 Å². The van der Waals surface area contributed by atoms with Crippen LogP contribution in [-0.4, -0.2) is 35.7 Å². The average molecular weight is 235 g/mol. The molecule has 1 amide bonds. The first-order valence-corrected chi connectivity index (χ1v) is 5.73. The van der Waals surface area contributed by atoms with Crippen LogP contribution < -0.4 is 11.1 Å². The van der Waals surface area contributed by atoms with Gasteiger partial charge in [-0.25, -0.2) is 4.79 Å². The quantitative estimate of drug-likeness (QED) is 0.696. The second-order valence-corrected chi connectivity index (χ2v) is 4.35. The molecule has 17 heavy (non-hydrogen) atoms. The molecular formula is C12H17N3O2. The van der Waals surface area contributed by atoms with Gasteiger partial charge in [0.25, 0.3) is 0 Å². The Bertz CT molecular complexity index is 408. The molecule has 92 valence electrons. The molecule has 4 N–H and O–H groups in total. The Kier molecular flexibility index (Phi) is 3.37. The van der Waals surface area contributed by atoms with Gasteiger partial charge in [-0.1, -0.05) is 12.1 Å². The number of carbonyl (C=O) groups is 1. The molecule has 1 aliphatic rings. The van der Waals surface area contributed by atoms with E-state index in [1.807, 2.05) is 24.3 Å². The summed E-state index contributed by atoms with van der Waals surface area (Å²) in [5.74, 6) is 0.366. The monoisotopic (exact) mass is 235 g/mol. The van der Waals surface area contributed by atoms with Crippen molar-refractivity contribution in [2.24, 2.45) is 5.92 Å². The maximum atomic E-state index is 10.8. The predicted molar refractivity (Wildman–Crippen MR) is 67.0 cm³/mol. The van der Waals surface area contributed by atoms with Crippen LogP contribution in [0.3, 0.4) is 0 Å². The van der Waals surface area contributed by atoms with E-state index in [9.17, 15) is 4.79 Å². The van der Waals surface area contributed by atoms with Gasteiger partial charge in [0, 0.05) is 19.6 Å². The lowest BCUT2D eigenvalue weighted by Crippen LogP contribution is -2.27. The van der Waals surface area contributed by atoms with E-state index >= 15 is 0 Å². The minimum atomic E-state index is -0.827. The Morgan fingerprint density at radius 1 is 1.53 bits per heavy atom.